The Morgan fingerprint density at radius 3 is 3.24 bits per heavy atom. The number of rotatable bonds is 7. The van der Waals surface area contributed by atoms with Crippen LogP contribution in [0.15, 0.2) is 29.9 Å². The van der Waals surface area contributed by atoms with Crippen LogP contribution in [0, 0.1) is 0 Å². The number of nitrogens with one attached hydrogen (secondary N) is 1. The van der Waals surface area contributed by atoms with Crippen LogP contribution in [0.4, 0.5) is 5.95 Å². The molecule has 0 radical (unpaired) electrons. The summed E-state index contributed by atoms with van der Waals surface area (Å²) in [6, 6.07) is 4.26. The average molecular weight is 251 g/mol. The molecule has 1 N–H and O–H groups in total. The third-order valence-corrected chi connectivity index (χ3v) is 3.42. The van der Waals surface area contributed by atoms with Crippen LogP contribution >= 0.6 is 11.3 Å². The quantitative estimate of drug-likeness (QED) is 0.767. The van der Waals surface area contributed by atoms with Gasteiger partial charge < -0.3 is 14.6 Å². The van der Waals surface area contributed by atoms with Crippen LogP contribution in [-0.4, -0.2) is 29.8 Å². The fourth-order valence-electron chi connectivity index (χ4n) is 1.61. The first-order valence-corrected chi connectivity index (χ1v) is 6.54. The Hall–Kier alpha value is -1.33. The lowest BCUT2D eigenvalue weighted by Crippen LogP contribution is -2.12. The van der Waals surface area contributed by atoms with E-state index in [0.29, 0.717) is 6.61 Å². The van der Waals surface area contributed by atoms with E-state index in [4.69, 9.17) is 4.74 Å². The number of anilines is 1. The van der Waals surface area contributed by atoms with Crippen LogP contribution in [-0.2, 0) is 17.7 Å². The Bertz CT molecular complexity index is 425. The van der Waals surface area contributed by atoms with Gasteiger partial charge in [-0.2, -0.15) is 0 Å². The Morgan fingerprint density at radius 1 is 1.53 bits per heavy atom. The van der Waals surface area contributed by atoms with Gasteiger partial charge in [-0.1, -0.05) is 6.07 Å². The first-order valence-electron chi connectivity index (χ1n) is 5.66. The molecule has 0 unspecified atom stereocenters. The first-order chi connectivity index (χ1) is 8.40. The van der Waals surface area contributed by atoms with Gasteiger partial charge >= 0.3 is 0 Å². The summed E-state index contributed by atoms with van der Waals surface area (Å²) in [5, 5.41) is 5.37. The van der Waals surface area contributed by atoms with Crippen molar-refractivity contribution in [2.75, 3.05) is 25.6 Å². The summed E-state index contributed by atoms with van der Waals surface area (Å²) in [5.74, 6) is 0.915. The number of nitrogens with zero attached hydrogens (tertiary/aromatic N) is 2. The molecule has 0 fully saturated rings. The molecule has 2 aromatic rings. The second-order valence-electron chi connectivity index (χ2n) is 3.69. The Labute approximate surface area is 105 Å². The molecule has 2 aromatic heterocycles. The number of aromatic nitrogens is 2. The number of ether oxygens (including phenoxy) is 1. The van der Waals surface area contributed by atoms with Crippen LogP contribution in [0.5, 0.6) is 0 Å². The van der Waals surface area contributed by atoms with Crippen molar-refractivity contribution >= 4 is 17.3 Å². The molecule has 0 aliphatic carbocycles. The SMILES string of the molecule is COCCNc1nccn1CCc1cccs1. The van der Waals surface area contributed by atoms with E-state index in [0.717, 1.165) is 25.5 Å². The van der Waals surface area contributed by atoms with Crippen molar-refractivity contribution in [1.82, 2.24) is 9.55 Å². The van der Waals surface area contributed by atoms with Gasteiger partial charge in [-0.05, 0) is 17.9 Å². The monoisotopic (exact) mass is 251 g/mol. The summed E-state index contributed by atoms with van der Waals surface area (Å²) < 4.78 is 7.14. The van der Waals surface area contributed by atoms with E-state index in [1.165, 1.54) is 4.88 Å². The van der Waals surface area contributed by atoms with Gasteiger partial charge in [0.25, 0.3) is 0 Å². The van der Waals surface area contributed by atoms with Gasteiger partial charge in [0.05, 0.1) is 6.61 Å². The van der Waals surface area contributed by atoms with E-state index in [9.17, 15) is 0 Å². The molecule has 0 saturated carbocycles. The summed E-state index contributed by atoms with van der Waals surface area (Å²) in [5.41, 5.74) is 0. The van der Waals surface area contributed by atoms with Crippen molar-refractivity contribution < 1.29 is 4.74 Å². The van der Waals surface area contributed by atoms with E-state index in [1.54, 1.807) is 18.4 Å². The van der Waals surface area contributed by atoms with Crippen molar-refractivity contribution in [2.24, 2.45) is 0 Å². The molecule has 0 spiro atoms. The molecule has 0 saturated heterocycles. The lowest BCUT2D eigenvalue weighted by Gasteiger charge is -2.08. The molecule has 0 aromatic carbocycles. The fraction of sp³-hybridized carbons (Fsp3) is 0.417. The van der Waals surface area contributed by atoms with E-state index >= 15 is 0 Å². The largest absolute Gasteiger partial charge is 0.383 e. The van der Waals surface area contributed by atoms with Crippen LogP contribution in [0.25, 0.3) is 0 Å². The van der Waals surface area contributed by atoms with E-state index < -0.39 is 0 Å². The highest BCUT2D eigenvalue weighted by molar-refractivity contribution is 7.09. The van der Waals surface area contributed by atoms with Crippen LogP contribution in [0.2, 0.25) is 0 Å². The van der Waals surface area contributed by atoms with E-state index in [1.807, 2.05) is 12.4 Å². The number of aryl methyl sites for hydroxylation is 2. The van der Waals surface area contributed by atoms with Gasteiger partial charge in [-0.15, -0.1) is 11.3 Å². The number of hydrogen-bond acceptors (Lipinski definition) is 4. The van der Waals surface area contributed by atoms with Gasteiger partial charge in [0.1, 0.15) is 0 Å². The second kappa shape index (κ2) is 6.42. The van der Waals surface area contributed by atoms with Gasteiger partial charge in [0.15, 0.2) is 0 Å². The molecular weight excluding hydrogens is 234 g/mol. The standard InChI is InChI=1S/C12H17N3OS/c1-16-9-6-14-12-13-5-8-15(12)7-4-11-3-2-10-17-11/h2-3,5,8,10H,4,6-7,9H2,1H3,(H,13,14). The summed E-state index contributed by atoms with van der Waals surface area (Å²) in [6.45, 7) is 2.43. The Kier molecular flexibility index (Phi) is 4.58. The zero-order chi connectivity index (χ0) is 11.9. The minimum atomic E-state index is 0.692. The molecule has 4 nitrogen and oxygen atoms in total. The maximum absolute atomic E-state index is 5.00. The minimum Gasteiger partial charge on any atom is -0.383 e. The predicted molar refractivity (Wildman–Crippen MR) is 70.6 cm³/mol. The molecule has 2 heterocycles. The molecule has 92 valence electrons. The highest BCUT2D eigenvalue weighted by Gasteiger charge is 2.02. The zero-order valence-electron chi connectivity index (χ0n) is 9.93. The van der Waals surface area contributed by atoms with Crippen LogP contribution in [0.3, 0.4) is 0 Å². The molecule has 0 bridgehead atoms. The van der Waals surface area contributed by atoms with Crippen molar-refractivity contribution in [3.05, 3.63) is 34.8 Å². The minimum absolute atomic E-state index is 0.692. The highest BCUT2D eigenvalue weighted by atomic mass is 32.1. The number of methoxy groups -OCH3 is 1. The molecule has 2 rings (SSSR count). The number of thiophene rings is 1. The third-order valence-electron chi connectivity index (χ3n) is 2.48. The molecule has 17 heavy (non-hydrogen) atoms. The highest BCUT2D eigenvalue weighted by Crippen LogP contribution is 2.12. The molecule has 0 atom stereocenters. The van der Waals surface area contributed by atoms with Crippen molar-refractivity contribution in [2.45, 2.75) is 13.0 Å². The predicted octanol–water partition coefficient (Wildman–Crippen LogP) is 2.25. The van der Waals surface area contributed by atoms with Gasteiger partial charge in [-0.25, -0.2) is 4.98 Å². The van der Waals surface area contributed by atoms with Crippen molar-refractivity contribution in [3.63, 3.8) is 0 Å². The summed E-state index contributed by atoms with van der Waals surface area (Å²) >= 11 is 1.80. The van der Waals surface area contributed by atoms with Gasteiger partial charge in [-0.3, -0.25) is 0 Å². The Balaban J connectivity index is 1.85. The first kappa shape index (κ1) is 12.1. The van der Waals surface area contributed by atoms with E-state index in [-0.39, 0.29) is 0 Å². The van der Waals surface area contributed by atoms with E-state index in [2.05, 4.69) is 32.4 Å². The molecule has 0 aliphatic heterocycles. The third kappa shape index (κ3) is 3.57. The number of hydrogen-bond donors (Lipinski definition) is 1. The van der Waals surface area contributed by atoms with Crippen LogP contribution in [0.1, 0.15) is 4.88 Å². The summed E-state index contributed by atoms with van der Waals surface area (Å²) in [7, 11) is 1.70. The molecule has 5 heteroatoms. The molecular formula is C12H17N3OS. The van der Waals surface area contributed by atoms with Gasteiger partial charge in [0.2, 0.25) is 5.95 Å². The lowest BCUT2D eigenvalue weighted by molar-refractivity contribution is 0.210. The second-order valence-corrected chi connectivity index (χ2v) is 4.73. The fourth-order valence-corrected chi connectivity index (χ4v) is 2.31. The normalized spacial score (nSPS) is 10.6. The maximum atomic E-state index is 5.00. The maximum Gasteiger partial charge on any atom is 0.202 e. The summed E-state index contributed by atoms with van der Waals surface area (Å²) in [4.78, 5) is 5.69. The van der Waals surface area contributed by atoms with Crippen molar-refractivity contribution in [1.29, 1.82) is 0 Å². The average Bonchev–Trinajstić information content (AvgIpc) is 2.97. The zero-order valence-corrected chi connectivity index (χ0v) is 10.7. The number of imidazole rings is 1. The molecule has 0 aliphatic rings. The van der Waals surface area contributed by atoms with Crippen LogP contribution < -0.4 is 5.32 Å². The molecule has 0 amide bonds. The van der Waals surface area contributed by atoms with Crippen molar-refractivity contribution in [3.8, 4) is 0 Å². The lowest BCUT2D eigenvalue weighted by atomic mass is 10.3. The smallest absolute Gasteiger partial charge is 0.202 e. The Morgan fingerprint density at radius 2 is 2.47 bits per heavy atom. The topological polar surface area (TPSA) is 39.1 Å². The summed E-state index contributed by atoms with van der Waals surface area (Å²) in [6.07, 6.45) is 4.87. The van der Waals surface area contributed by atoms with Gasteiger partial charge in [0, 0.05) is 37.5 Å².